The lowest BCUT2D eigenvalue weighted by Gasteiger charge is -2.21. The van der Waals surface area contributed by atoms with E-state index < -0.39 is 21.7 Å². The zero-order valence-electron chi connectivity index (χ0n) is 8.33. The van der Waals surface area contributed by atoms with Crippen molar-refractivity contribution in [1.29, 1.82) is 0 Å². The third-order valence-corrected chi connectivity index (χ3v) is 3.16. The number of rotatable bonds is 4. The molecule has 1 aliphatic rings. The molecule has 15 heavy (non-hydrogen) atoms. The summed E-state index contributed by atoms with van der Waals surface area (Å²) in [5, 5.41) is 10.9. The maximum Gasteiger partial charge on any atom is 0.308 e. The van der Waals surface area contributed by atoms with Crippen molar-refractivity contribution in [2.75, 3.05) is 6.54 Å². The number of hydrogen-bond donors (Lipinski definition) is 1. The molecule has 0 spiro atoms. The van der Waals surface area contributed by atoms with Crippen LogP contribution in [-0.2, 0) is 14.6 Å². The molecule has 5 nitrogen and oxygen atoms in total. The Labute approximate surface area is 88.6 Å². The Morgan fingerprint density at radius 2 is 1.93 bits per heavy atom. The molecule has 1 rings (SSSR count). The fraction of sp³-hybridized carbons (Fsp3) is 0.444. The average Bonchev–Trinajstić information content (AvgIpc) is 2.15. The van der Waals surface area contributed by atoms with E-state index in [1.807, 2.05) is 0 Å². The first-order chi connectivity index (χ1) is 6.94. The van der Waals surface area contributed by atoms with Crippen molar-refractivity contribution in [2.24, 2.45) is 5.92 Å². The lowest BCUT2D eigenvalue weighted by molar-refractivity contribution is -0.142. The van der Waals surface area contributed by atoms with Crippen LogP contribution in [0.4, 0.5) is 0 Å². The molecule has 0 aromatic heterocycles. The van der Waals surface area contributed by atoms with Gasteiger partial charge in [0, 0.05) is 18.9 Å². The molecule has 1 aliphatic heterocycles. The summed E-state index contributed by atoms with van der Waals surface area (Å²) in [6.45, 7) is 2.07. The second-order valence-corrected chi connectivity index (χ2v) is 5.02. The zero-order valence-corrected chi connectivity index (χ0v) is 9.14. The largest absolute Gasteiger partial charge is 0.481 e. The van der Waals surface area contributed by atoms with Crippen LogP contribution in [-0.4, -0.2) is 30.9 Å². The van der Waals surface area contributed by atoms with Gasteiger partial charge in [-0.25, -0.2) is 8.42 Å². The van der Waals surface area contributed by atoms with Gasteiger partial charge in [0.1, 0.15) is 0 Å². The molecule has 0 amide bonds. The average molecular weight is 231 g/mol. The van der Waals surface area contributed by atoms with Gasteiger partial charge in [0.15, 0.2) is 9.84 Å². The summed E-state index contributed by atoms with van der Waals surface area (Å²) in [4.78, 5) is 12.3. The summed E-state index contributed by atoms with van der Waals surface area (Å²) >= 11 is 0. The maximum absolute atomic E-state index is 11.0. The first-order valence-corrected chi connectivity index (χ1v) is 6.15. The highest BCUT2D eigenvalue weighted by molar-refractivity contribution is 7.97. The number of carboxylic acid groups (broad SMARTS) is 1. The van der Waals surface area contributed by atoms with Crippen LogP contribution in [0.1, 0.15) is 13.3 Å². The molecule has 1 heterocycles. The van der Waals surface area contributed by atoms with Gasteiger partial charge in [0.25, 0.3) is 0 Å². The molecule has 0 saturated heterocycles. The van der Waals surface area contributed by atoms with Gasteiger partial charge >= 0.3 is 5.97 Å². The van der Waals surface area contributed by atoms with Crippen LogP contribution in [0.2, 0.25) is 0 Å². The van der Waals surface area contributed by atoms with Crippen molar-refractivity contribution in [3.05, 3.63) is 23.2 Å². The topological polar surface area (TPSA) is 74.7 Å². The Balaban J connectivity index is 2.63. The van der Waals surface area contributed by atoms with Gasteiger partial charge in [-0.2, -0.15) is 0 Å². The highest BCUT2D eigenvalue weighted by Gasteiger charge is 2.18. The normalized spacial score (nSPS) is 20.2. The number of sulfone groups is 1. The van der Waals surface area contributed by atoms with Crippen molar-refractivity contribution >= 4 is 15.8 Å². The van der Waals surface area contributed by atoms with Crippen LogP contribution < -0.4 is 0 Å². The molecular weight excluding hydrogens is 218 g/mol. The van der Waals surface area contributed by atoms with E-state index >= 15 is 0 Å². The van der Waals surface area contributed by atoms with Gasteiger partial charge in [0.2, 0.25) is 0 Å². The first-order valence-electron chi connectivity index (χ1n) is 4.54. The van der Waals surface area contributed by atoms with Gasteiger partial charge in [-0.05, 0) is 6.42 Å². The van der Waals surface area contributed by atoms with Crippen LogP contribution in [0.5, 0.6) is 0 Å². The summed E-state index contributed by atoms with van der Waals surface area (Å²) in [6, 6.07) is 0. The van der Waals surface area contributed by atoms with Crippen molar-refractivity contribution in [2.45, 2.75) is 13.3 Å². The van der Waals surface area contributed by atoms with E-state index in [1.165, 1.54) is 12.4 Å². The number of nitrogens with zero attached hydrogens (tertiary/aromatic N) is 1. The number of hydrogen-bond acceptors (Lipinski definition) is 4. The Morgan fingerprint density at radius 1 is 1.40 bits per heavy atom. The van der Waals surface area contributed by atoms with Crippen molar-refractivity contribution < 1.29 is 18.3 Å². The highest BCUT2D eigenvalue weighted by atomic mass is 32.2. The van der Waals surface area contributed by atoms with E-state index in [2.05, 4.69) is 0 Å². The Hall–Kier alpha value is -1.30. The van der Waals surface area contributed by atoms with Gasteiger partial charge in [0.05, 0.1) is 16.7 Å². The summed E-state index contributed by atoms with van der Waals surface area (Å²) in [5.41, 5.74) is 0. The summed E-state index contributed by atoms with van der Waals surface area (Å²) in [5.74, 6) is -1.35. The SMILES string of the molecule is CCC(CN1C=CS(=O)(=O)C=C1)C(=O)O. The van der Waals surface area contributed by atoms with Crippen molar-refractivity contribution in [3.63, 3.8) is 0 Å². The molecule has 0 radical (unpaired) electrons. The third kappa shape index (κ3) is 3.39. The fourth-order valence-corrected chi connectivity index (χ4v) is 1.92. The van der Waals surface area contributed by atoms with Gasteiger partial charge in [-0.1, -0.05) is 6.92 Å². The van der Waals surface area contributed by atoms with Crippen molar-refractivity contribution in [1.82, 2.24) is 4.90 Å². The summed E-state index contributed by atoms with van der Waals surface area (Å²) in [7, 11) is -3.23. The van der Waals surface area contributed by atoms with E-state index in [4.69, 9.17) is 5.11 Å². The molecule has 1 atom stereocenters. The standard InChI is InChI=1S/C9H13NO4S/c1-2-8(9(11)12)7-10-3-5-15(13,14)6-4-10/h3-6,8H,2,7H2,1H3,(H,11,12). The van der Waals surface area contributed by atoms with Gasteiger partial charge in [-0.15, -0.1) is 0 Å². The molecule has 0 aromatic carbocycles. The predicted molar refractivity (Wildman–Crippen MR) is 55.3 cm³/mol. The molecular formula is C9H13NO4S. The van der Waals surface area contributed by atoms with E-state index in [0.29, 0.717) is 6.42 Å². The number of aliphatic carboxylic acids is 1. The smallest absolute Gasteiger partial charge is 0.308 e. The molecule has 0 aliphatic carbocycles. The Morgan fingerprint density at radius 3 is 2.33 bits per heavy atom. The van der Waals surface area contributed by atoms with Crippen LogP contribution >= 0.6 is 0 Å². The highest BCUT2D eigenvalue weighted by Crippen LogP contribution is 2.11. The first kappa shape index (κ1) is 11.8. The molecule has 0 fully saturated rings. The van der Waals surface area contributed by atoms with Gasteiger partial charge < -0.3 is 10.0 Å². The lowest BCUT2D eigenvalue weighted by atomic mass is 10.1. The molecule has 84 valence electrons. The lowest BCUT2D eigenvalue weighted by Crippen LogP contribution is -2.27. The van der Waals surface area contributed by atoms with Crippen LogP contribution in [0.25, 0.3) is 0 Å². The maximum atomic E-state index is 11.0. The van der Waals surface area contributed by atoms with E-state index in [1.54, 1.807) is 11.8 Å². The second-order valence-electron chi connectivity index (χ2n) is 3.30. The Kier molecular flexibility index (Phi) is 3.52. The molecule has 1 unspecified atom stereocenters. The molecule has 6 heteroatoms. The Bertz CT molecular complexity index is 376. The summed E-state index contributed by atoms with van der Waals surface area (Å²) < 4.78 is 21.9. The minimum atomic E-state index is -3.23. The minimum absolute atomic E-state index is 0.286. The molecule has 0 saturated carbocycles. The summed E-state index contributed by atoms with van der Waals surface area (Å²) in [6.07, 6.45) is 3.27. The molecule has 1 N–H and O–H groups in total. The predicted octanol–water partition coefficient (Wildman–Crippen LogP) is 0.770. The molecule has 0 aromatic rings. The quantitative estimate of drug-likeness (QED) is 0.773. The van der Waals surface area contributed by atoms with Crippen LogP contribution in [0, 0.1) is 5.92 Å². The third-order valence-electron chi connectivity index (χ3n) is 2.16. The number of carbonyl (C=O) groups is 1. The van der Waals surface area contributed by atoms with Crippen molar-refractivity contribution in [3.8, 4) is 0 Å². The number of carboxylic acids is 1. The second kappa shape index (κ2) is 4.48. The van der Waals surface area contributed by atoms with Crippen LogP contribution in [0.3, 0.4) is 0 Å². The van der Waals surface area contributed by atoms with Crippen LogP contribution in [0.15, 0.2) is 23.2 Å². The molecule has 0 bridgehead atoms. The zero-order chi connectivity index (χ0) is 11.5. The monoisotopic (exact) mass is 231 g/mol. The van der Waals surface area contributed by atoms with E-state index in [0.717, 1.165) is 10.8 Å². The van der Waals surface area contributed by atoms with Gasteiger partial charge in [-0.3, -0.25) is 4.79 Å². The fourth-order valence-electron chi connectivity index (χ4n) is 1.18. The van der Waals surface area contributed by atoms with E-state index in [9.17, 15) is 13.2 Å². The minimum Gasteiger partial charge on any atom is -0.481 e. The van der Waals surface area contributed by atoms with E-state index in [-0.39, 0.29) is 6.54 Å².